The third-order valence-corrected chi connectivity index (χ3v) is 4.65. The normalized spacial score (nSPS) is 12.0. The topological polar surface area (TPSA) is 48.0 Å². The van der Waals surface area contributed by atoms with Crippen molar-refractivity contribution in [1.29, 1.82) is 0 Å². The summed E-state index contributed by atoms with van der Waals surface area (Å²) in [5, 5.41) is 0.797. The van der Waals surface area contributed by atoms with Crippen LogP contribution in [0.3, 0.4) is 0 Å². The van der Waals surface area contributed by atoms with E-state index in [9.17, 15) is 26.7 Å². The Bertz CT molecular complexity index is 1270. The summed E-state index contributed by atoms with van der Waals surface area (Å²) in [6.45, 7) is -0.180. The fourth-order valence-electron chi connectivity index (χ4n) is 3.49. The number of fused-ring (bicyclic) bond motifs is 3. The maximum absolute atomic E-state index is 13.9. The summed E-state index contributed by atoms with van der Waals surface area (Å²) in [6.07, 6.45) is -4.71. The van der Waals surface area contributed by atoms with Gasteiger partial charge < -0.3 is 10.3 Å². The van der Waals surface area contributed by atoms with Crippen LogP contribution in [0.15, 0.2) is 48.5 Å². The van der Waals surface area contributed by atoms with Crippen molar-refractivity contribution >= 4 is 27.7 Å². The maximum atomic E-state index is 13.9. The number of primary amides is 1. The molecule has 0 atom stereocenters. The second-order valence-corrected chi connectivity index (χ2v) is 6.57. The predicted molar refractivity (Wildman–Crippen MR) is 97.3 cm³/mol. The number of nitrogens with two attached hydrogens (primary N) is 1. The lowest BCUT2D eigenvalue weighted by molar-refractivity contribution is -0.137. The molecule has 0 spiro atoms. The molecule has 0 saturated heterocycles. The van der Waals surface area contributed by atoms with Crippen LogP contribution in [0.1, 0.15) is 21.5 Å². The Hall–Kier alpha value is -3.42. The van der Waals surface area contributed by atoms with Crippen molar-refractivity contribution in [2.45, 2.75) is 12.7 Å². The van der Waals surface area contributed by atoms with E-state index in [1.165, 1.54) is 16.7 Å². The van der Waals surface area contributed by atoms with Gasteiger partial charge in [-0.25, -0.2) is 8.78 Å². The fourth-order valence-corrected chi connectivity index (χ4v) is 3.49. The SMILES string of the molecule is NC(=O)c1cccc2c1c1[c]cc(F)cc1n2Cc1cc(F)cc(C(F)(F)F)c1. The number of benzene rings is 3. The summed E-state index contributed by atoms with van der Waals surface area (Å²) < 4.78 is 68.3. The van der Waals surface area contributed by atoms with Crippen molar-refractivity contribution in [2.75, 3.05) is 0 Å². The molecule has 3 nitrogen and oxygen atoms in total. The van der Waals surface area contributed by atoms with Crippen LogP contribution in [-0.2, 0) is 12.7 Å². The maximum Gasteiger partial charge on any atom is 0.416 e. The fraction of sp³-hybridized carbons (Fsp3) is 0.0952. The Labute approximate surface area is 161 Å². The molecule has 8 heteroatoms. The number of rotatable bonds is 3. The average molecular weight is 403 g/mol. The molecule has 0 unspecified atom stereocenters. The summed E-state index contributed by atoms with van der Waals surface area (Å²) >= 11 is 0. The largest absolute Gasteiger partial charge is 0.416 e. The second kappa shape index (κ2) is 6.58. The Balaban J connectivity index is 1.99. The quantitative estimate of drug-likeness (QED) is 0.479. The zero-order chi connectivity index (χ0) is 20.9. The first-order valence-corrected chi connectivity index (χ1v) is 8.44. The molecule has 147 valence electrons. The molecule has 0 fully saturated rings. The standard InChI is InChI=1S/C21H12F5N2O/c22-13-4-5-15-18(9-13)28(17-3-1-2-16(19(15)17)20(27)29)10-11-6-12(21(24,25)26)8-14(23)7-11/h1-4,6-9H,10H2,(H2,27,29). The Kier molecular flexibility index (Phi) is 4.29. The Morgan fingerprint density at radius 3 is 2.48 bits per heavy atom. The van der Waals surface area contributed by atoms with Crippen LogP contribution in [0, 0.1) is 17.7 Å². The molecule has 0 aliphatic carbocycles. The zero-order valence-corrected chi connectivity index (χ0v) is 14.6. The van der Waals surface area contributed by atoms with Crippen LogP contribution in [0.4, 0.5) is 22.0 Å². The number of alkyl halides is 3. The van der Waals surface area contributed by atoms with Crippen LogP contribution in [0.2, 0.25) is 0 Å². The number of carbonyl (C=O) groups is 1. The number of hydrogen-bond donors (Lipinski definition) is 1. The molecule has 1 heterocycles. The molecule has 1 aromatic heterocycles. The van der Waals surface area contributed by atoms with E-state index in [-0.39, 0.29) is 17.7 Å². The third kappa shape index (κ3) is 3.30. The highest BCUT2D eigenvalue weighted by Crippen LogP contribution is 2.34. The lowest BCUT2D eigenvalue weighted by atomic mass is 10.1. The summed E-state index contributed by atoms with van der Waals surface area (Å²) in [7, 11) is 0. The zero-order valence-electron chi connectivity index (χ0n) is 14.6. The minimum Gasteiger partial charge on any atom is -0.366 e. The molecule has 4 aromatic rings. The average Bonchev–Trinajstić information content (AvgIpc) is 2.93. The first-order chi connectivity index (χ1) is 13.6. The van der Waals surface area contributed by atoms with Gasteiger partial charge in [-0.05, 0) is 54.1 Å². The Morgan fingerprint density at radius 1 is 1.03 bits per heavy atom. The van der Waals surface area contributed by atoms with Gasteiger partial charge in [0.25, 0.3) is 0 Å². The van der Waals surface area contributed by atoms with Crippen molar-refractivity contribution in [1.82, 2.24) is 4.57 Å². The molecule has 0 saturated carbocycles. The number of nitrogens with zero attached hydrogens (tertiary/aromatic N) is 1. The van der Waals surface area contributed by atoms with Crippen molar-refractivity contribution in [3.63, 3.8) is 0 Å². The number of carbonyl (C=O) groups excluding carboxylic acids is 1. The molecule has 0 aliphatic heterocycles. The predicted octanol–water partition coefficient (Wildman–Crippen LogP) is 5.04. The van der Waals surface area contributed by atoms with Crippen molar-refractivity contribution in [2.24, 2.45) is 5.73 Å². The molecule has 2 N–H and O–H groups in total. The van der Waals surface area contributed by atoms with Crippen molar-refractivity contribution in [3.05, 3.63) is 82.9 Å². The summed E-state index contributed by atoms with van der Waals surface area (Å²) in [5.41, 5.74) is 5.26. The van der Waals surface area contributed by atoms with E-state index in [0.717, 1.165) is 18.2 Å². The van der Waals surface area contributed by atoms with Crippen LogP contribution in [0.5, 0.6) is 0 Å². The molecule has 0 bridgehead atoms. The van der Waals surface area contributed by atoms with Gasteiger partial charge in [0.1, 0.15) is 11.6 Å². The number of amides is 1. The van der Waals surface area contributed by atoms with Crippen molar-refractivity contribution in [3.8, 4) is 0 Å². The third-order valence-electron chi connectivity index (χ3n) is 4.65. The minimum absolute atomic E-state index is 0.0323. The van der Waals surface area contributed by atoms with E-state index in [2.05, 4.69) is 6.07 Å². The lowest BCUT2D eigenvalue weighted by Gasteiger charge is -2.12. The van der Waals surface area contributed by atoms with Gasteiger partial charge in [-0.15, -0.1) is 0 Å². The first-order valence-electron chi connectivity index (χ1n) is 8.44. The van der Waals surface area contributed by atoms with E-state index in [1.54, 1.807) is 12.1 Å². The minimum atomic E-state index is -4.71. The van der Waals surface area contributed by atoms with Crippen molar-refractivity contribution < 1.29 is 26.7 Å². The van der Waals surface area contributed by atoms with Gasteiger partial charge in [0.2, 0.25) is 5.91 Å². The first kappa shape index (κ1) is 18.9. The van der Waals surface area contributed by atoms with Gasteiger partial charge in [0.15, 0.2) is 0 Å². The van der Waals surface area contributed by atoms with E-state index < -0.39 is 29.3 Å². The smallest absolute Gasteiger partial charge is 0.366 e. The monoisotopic (exact) mass is 403 g/mol. The van der Waals surface area contributed by atoms with Crippen LogP contribution >= 0.6 is 0 Å². The van der Waals surface area contributed by atoms with Crippen LogP contribution < -0.4 is 5.73 Å². The highest BCUT2D eigenvalue weighted by Gasteiger charge is 2.31. The van der Waals surface area contributed by atoms with Gasteiger partial charge in [0.05, 0.1) is 16.6 Å². The van der Waals surface area contributed by atoms with Gasteiger partial charge in [0, 0.05) is 22.9 Å². The highest BCUT2D eigenvalue weighted by atomic mass is 19.4. The van der Waals surface area contributed by atoms with Gasteiger partial charge in [-0.2, -0.15) is 13.2 Å². The van der Waals surface area contributed by atoms with Gasteiger partial charge in [-0.1, -0.05) is 6.07 Å². The van der Waals surface area contributed by atoms with E-state index in [0.29, 0.717) is 27.9 Å². The highest BCUT2D eigenvalue weighted by molar-refractivity contribution is 6.17. The lowest BCUT2D eigenvalue weighted by Crippen LogP contribution is -2.11. The molecule has 1 radical (unpaired) electrons. The van der Waals surface area contributed by atoms with Gasteiger partial charge in [-0.3, -0.25) is 4.79 Å². The molecular weight excluding hydrogens is 391 g/mol. The van der Waals surface area contributed by atoms with Gasteiger partial charge >= 0.3 is 6.18 Å². The Morgan fingerprint density at radius 2 is 1.79 bits per heavy atom. The van der Waals surface area contributed by atoms with E-state index in [1.807, 2.05) is 0 Å². The van der Waals surface area contributed by atoms with E-state index >= 15 is 0 Å². The molecule has 29 heavy (non-hydrogen) atoms. The summed E-state index contributed by atoms with van der Waals surface area (Å²) in [4.78, 5) is 11.8. The summed E-state index contributed by atoms with van der Waals surface area (Å²) in [5.74, 6) is -2.36. The van der Waals surface area contributed by atoms with E-state index in [4.69, 9.17) is 5.73 Å². The summed E-state index contributed by atoms with van der Waals surface area (Å²) in [6, 6.07) is 11.9. The number of halogens is 5. The number of hydrogen-bond acceptors (Lipinski definition) is 1. The molecule has 0 aliphatic rings. The van der Waals surface area contributed by atoms with Crippen LogP contribution in [-0.4, -0.2) is 10.5 Å². The van der Waals surface area contributed by atoms with Crippen LogP contribution in [0.25, 0.3) is 21.8 Å². The second-order valence-electron chi connectivity index (χ2n) is 6.57. The number of aromatic nitrogens is 1. The molecular formula is C21H12F5N2O. The molecule has 4 rings (SSSR count). The molecule has 3 aromatic carbocycles. The molecule has 1 amide bonds.